The van der Waals surface area contributed by atoms with Crippen LogP contribution in [0.4, 0.5) is 22.0 Å². The molecular formula is C8H5BrF5NO. The Morgan fingerprint density at radius 3 is 2.31 bits per heavy atom. The number of aliphatic hydroxyl groups is 1. The maximum absolute atomic E-state index is 12.4. The largest absolute Gasteiger partial charge is 0.433 e. The van der Waals surface area contributed by atoms with Crippen LogP contribution < -0.4 is 0 Å². The fraction of sp³-hybridized carbons (Fsp3) is 0.375. The van der Waals surface area contributed by atoms with Crippen molar-refractivity contribution in [2.24, 2.45) is 0 Å². The maximum Gasteiger partial charge on any atom is 0.433 e. The highest BCUT2D eigenvalue weighted by Crippen LogP contribution is 2.35. The Kier molecular flexibility index (Phi) is 3.84. The van der Waals surface area contributed by atoms with E-state index in [-0.39, 0.29) is 4.47 Å². The first-order chi connectivity index (χ1) is 7.27. The molecule has 1 aromatic heterocycles. The van der Waals surface area contributed by atoms with E-state index in [1.165, 1.54) is 0 Å². The molecule has 1 heterocycles. The quantitative estimate of drug-likeness (QED) is 0.851. The summed E-state index contributed by atoms with van der Waals surface area (Å²) < 4.78 is 61.5. The van der Waals surface area contributed by atoms with Gasteiger partial charge in [-0.2, -0.15) is 13.2 Å². The lowest BCUT2D eigenvalue weighted by Crippen LogP contribution is -2.14. The Labute approximate surface area is 95.2 Å². The summed E-state index contributed by atoms with van der Waals surface area (Å²) in [6.45, 7) is -0.927. The van der Waals surface area contributed by atoms with E-state index in [0.29, 0.717) is 0 Å². The second kappa shape index (κ2) is 4.62. The summed E-state index contributed by atoms with van der Waals surface area (Å²) >= 11 is 2.67. The molecule has 1 rings (SSSR count). The summed E-state index contributed by atoms with van der Waals surface area (Å²) in [6.07, 6.45) is -7.99. The molecule has 16 heavy (non-hydrogen) atoms. The van der Waals surface area contributed by atoms with Gasteiger partial charge in [-0.25, -0.2) is 13.8 Å². The topological polar surface area (TPSA) is 33.1 Å². The summed E-state index contributed by atoms with van der Waals surface area (Å²) in [4.78, 5) is 2.83. The van der Waals surface area contributed by atoms with Gasteiger partial charge in [0, 0.05) is 10.0 Å². The monoisotopic (exact) mass is 305 g/mol. The first kappa shape index (κ1) is 13.3. The number of hydrogen-bond donors (Lipinski definition) is 1. The predicted molar refractivity (Wildman–Crippen MR) is 47.8 cm³/mol. The molecule has 90 valence electrons. The van der Waals surface area contributed by atoms with E-state index in [2.05, 4.69) is 20.9 Å². The lowest BCUT2D eigenvalue weighted by Gasteiger charge is -2.13. The number of rotatable bonds is 2. The number of aromatic nitrogens is 1. The lowest BCUT2D eigenvalue weighted by atomic mass is 10.1. The van der Waals surface area contributed by atoms with Gasteiger partial charge in [0.05, 0.1) is 6.61 Å². The van der Waals surface area contributed by atoms with Crippen LogP contribution in [0.25, 0.3) is 0 Å². The Morgan fingerprint density at radius 2 is 1.94 bits per heavy atom. The molecule has 0 saturated heterocycles. The number of halogens is 6. The van der Waals surface area contributed by atoms with Crippen molar-refractivity contribution in [3.63, 3.8) is 0 Å². The van der Waals surface area contributed by atoms with E-state index in [1.807, 2.05) is 0 Å². The van der Waals surface area contributed by atoms with Crippen molar-refractivity contribution < 1.29 is 27.1 Å². The zero-order valence-electron chi connectivity index (χ0n) is 7.52. The van der Waals surface area contributed by atoms with Crippen molar-refractivity contribution in [3.05, 3.63) is 27.5 Å². The average molecular weight is 306 g/mol. The van der Waals surface area contributed by atoms with E-state index >= 15 is 0 Å². The first-order valence-corrected chi connectivity index (χ1v) is 4.72. The van der Waals surface area contributed by atoms with E-state index in [0.717, 1.165) is 6.07 Å². The third-order valence-electron chi connectivity index (χ3n) is 1.73. The van der Waals surface area contributed by atoms with E-state index in [9.17, 15) is 22.0 Å². The van der Waals surface area contributed by atoms with Crippen LogP contribution in [0.5, 0.6) is 0 Å². The number of pyridine rings is 1. The summed E-state index contributed by atoms with van der Waals surface area (Å²) in [7, 11) is 0. The van der Waals surface area contributed by atoms with Gasteiger partial charge in [0.25, 0.3) is 6.43 Å². The van der Waals surface area contributed by atoms with Gasteiger partial charge in [0.2, 0.25) is 0 Å². The molecule has 1 N–H and O–H groups in total. The molecule has 2 nitrogen and oxygen atoms in total. The van der Waals surface area contributed by atoms with Gasteiger partial charge < -0.3 is 5.11 Å². The van der Waals surface area contributed by atoms with Gasteiger partial charge in [0.1, 0.15) is 5.69 Å². The van der Waals surface area contributed by atoms with Crippen molar-refractivity contribution in [1.29, 1.82) is 0 Å². The third-order valence-corrected chi connectivity index (χ3v) is 2.36. The maximum atomic E-state index is 12.4. The van der Waals surface area contributed by atoms with Crippen LogP contribution in [0, 0.1) is 0 Å². The number of nitrogens with zero attached hydrogens (tertiary/aromatic N) is 1. The molecule has 1 aromatic rings. The van der Waals surface area contributed by atoms with Crippen LogP contribution in [0.15, 0.2) is 10.5 Å². The van der Waals surface area contributed by atoms with Gasteiger partial charge in [-0.3, -0.25) is 0 Å². The molecule has 8 heteroatoms. The van der Waals surface area contributed by atoms with Crippen LogP contribution in [-0.4, -0.2) is 10.1 Å². The van der Waals surface area contributed by atoms with Gasteiger partial charge in [-0.1, -0.05) is 0 Å². The number of alkyl halides is 5. The molecule has 0 spiro atoms. The Balaban J connectivity index is 3.41. The molecule has 0 amide bonds. The predicted octanol–water partition coefficient (Wildman–Crippen LogP) is 3.29. The smallest absolute Gasteiger partial charge is 0.392 e. The highest BCUT2D eigenvalue weighted by atomic mass is 79.9. The molecule has 0 unspecified atom stereocenters. The lowest BCUT2D eigenvalue weighted by molar-refractivity contribution is -0.142. The minimum atomic E-state index is -4.87. The van der Waals surface area contributed by atoms with Crippen molar-refractivity contribution in [1.82, 2.24) is 4.98 Å². The summed E-state index contributed by atoms with van der Waals surface area (Å²) in [5, 5.41) is 8.69. The second-order valence-corrected chi connectivity index (χ2v) is 3.67. The Hall–Kier alpha value is -0.760. The summed E-state index contributed by atoms with van der Waals surface area (Å²) in [6, 6.07) is 0.789. The SMILES string of the molecule is OCc1cc(Br)c(C(F)F)nc1C(F)(F)F. The van der Waals surface area contributed by atoms with Crippen molar-refractivity contribution in [3.8, 4) is 0 Å². The fourth-order valence-electron chi connectivity index (χ4n) is 1.06. The molecule has 0 radical (unpaired) electrons. The Morgan fingerprint density at radius 1 is 1.38 bits per heavy atom. The van der Waals surface area contributed by atoms with E-state index in [4.69, 9.17) is 5.11 Å². The van der Waals surface area contributed by atoms with Crippen molar-refractivity contribution in [2.75, 3.05) is 0 Å². The van der Waals surface area contributed by atoms with Crippen LogP contribution in [0.2, 0.25) is 0 Å². The van der Waals surface area contributed by atoms with Crippen LogP contribution in [-0.2, 0) is 12.8 Å². The van der Waals surface area contributed by atoms with Crippen molar-refractivity contribution in [2.45, 2.75) is 19.2 Å². The molecule has 0 aliphatic rings. The zero-order chi connectivity index (χ0) is 12.5. The normalized spacial score (nSPS) is 12.2. The number of aliphatic hydroxyl groups excluding tert-OH is 1. The summed E-state index contributed by atoms with van der Waals surface area (Å²) in [5.41, 5.74) is -3.04. The highest BCUT2D eigenvalue weighted by Gasteiger charge is 2.36. The van der Waals surface area contributed by atoms with Crippen molar-refractivity contribution >= 4 is 15.9 Å². The molecule has 0 bridgehead atoms. The third kappa shape index (κ3) is 2.67. The fourth-order valence-corrected chi connectivity index (χ4v) is 1.60. The first-order valence-electron chi connectivity index (χ1n) is 3.93. The average Bonchev–Trinajstić information content (AvgIpc) is 2.14. The zero-order valence-corrected chi connectivity index (χ0v) is 9.11. The van der Waals surface area contributed by atoms with Gasteiger partial charge in [-0.15, -0.1) is 0 Å². The molecule has 0 saturated carbocycles. The number of hydrogen-bond acceptors (Lipinski definition) is 2. The van der Waals surface area contributed by atoms with Gasteiger partial charge in [0.15, 0.2) is 5.69 Å². The van der Waals surface area contributed by atoms with Crippen LogP contribution in [0.3, 0.4) is 0 Å². The van der Waals surface area contributed by atoms with Gasteiger partial charge >= 0.3 is 6.18 Å². The molecule has 0 atom stereocenters. The highest BCUT2D eigenvalue weighted by molar-refractivity contribution is 9.10. The minimum Gasteiger partial charge on any atom is -0.392 e. The molecule has 0 fully saturated rings. The molecule has 0 aliphatic heterocycles. The van der Waals surface area contributed by atoms with E-state index in [1.54, 1.807) is 0 Å². The standard InChI is InChI=1S/C8H5BrF5NO/c9-4-1-3(2-16)6(8(12,13)14)15-5(4)7(10)11/h1,7,16H,2H2. The molecular weight excluding hydrogens is 301 g/mol. The minimum absolute atomic E-state index is 0.264. The molecule has 0 aromatic carbocycles. The molecule has 0 aliphatic carbocycles. The van der Waals surface area contributed by atoms with Gasteiger partial charge in [-0.05, 0) is 22.0 Å². The van der Waals surface area contributed by atoms with Crippen LogP contribution >= 0.6 is 15.9 Å². The van der Waals surface area contributed by atoms with E-state index < -0.39 is 36.2 Å². The van der Waals surface area contributed by atoms with Crippen LogP contribution in [0.1, 0.15) is 23.4 Å². The Bertz CT molecular complexity index is 393. The second-order valence-electron chi connectivity index (χ2n) is 2.82. The summed E-state index contributed by atoms with van der Waals surface area (Å²) in [5.74, 6) is 0.